The first kappa shape index (κ1) is 13.3. The Bertz CT molecular complexity index is 491. The van der Waals surface area contributed by atoms with Gasteiger partial charge in [0, 0.05) is 22.8 Å². The summed E-state index contributed by atoms with van der Waals surface area (Å²) >= 11 is 3.36. The fourth-order valence-corrected chi connectivity index (χ4v) is 3.19. The highest BCUT2D eigenvalue weighted by Crippen LogP contribution is 2.17. The monoisotopic (exact) mass is 281 g/mol. The molecule has 0 amide bonds. The molecule has 0 unspecified atom stereocenters. The van der Waals surface area contributed by atoms with Gasteiger partial charge < -0.3 is 10.1 Å². The largest absolute Gasteiger partial charge is 0.469 e. The summed E-state index contributed by atoms with van der Waals surface area (Å²) in [5, 5.41) is 7.61. The molecule has 0 saturated carbocycles. The molecule has 96 valence electrons. The molecule has 0 radical (unpaired) electrons. The van der Waals surface area contributed by atoms with Crippen LogP contribution in [-0.2, 0) is 29.0 Å². The second-order valence-corrected chi connectivity index (χ2v) is 5.89. The van der Waals surface area contributed by atoms with Crippen molar-refractivity contribution in [2.24, 2.45) is 0 Å². The summed E-state index contributed by atoms with van der Waals surface area (Å²) in [6, 6.07) is 6.17. The summed E-state index contributed by atoms with van der Waals surface area (Å²) in [6.07, 6.45) is 0.367. The van der Waals surface area contributed by atoms with E-state index >= 15 is 0 Å². The molecule has 2 aromatic heterocycles. The third-order valence-electron chi connectivity index (χ3n) is 2.47. The molecule has 3 nitrogen and oxygen atoms in total. The van der Waals surface area contributed by atoms with Gasteiger partial charge in [-0.3, -0.25) is 4.79 Å². The molecule has 0 spiro atoms. The molecule has 0 bridgehead atoms. The Kier molecular flexibility index (Phi) is 4.92. The number of methoxy groups -OCH3 is 1. The molecule has 0 aliphatic rings. The van der Waals surface area contributed by atoms with E-state index in [-0.39, 0.29) is 5.97 Å². The lowest BCUT2D eigenvalue weighted by Crippen LogP contribution is -2.10. The van der Waals surface area contributed by atoms with Crippen LogP contribution in [0.4, 0.5) is 0 Å². The molecule has 0 aliphatic heterocycles. The highest BCUT2D eigenvalue weighted by molar-refractivity contribution is 7.12. The predicted molar refractivity (Wildman–Crippen MR) is 74.9 cm³/mol. The van der Waals surface area contributed by atoms with Crippen LogP contribution in [-0.4, -0.2) is 13.1 Å². The molecular formula is C13H15NO2S2. The van der Waals surface area contributed by atoms with Crippen LogP contribution in [0.5, 0.6) is 0 Å². The van der Waals surface area contributed by atoms with Crippen molar-refractivity contribution < 1.29 is 9.53 Å². The number of ether oxygens (including phenoxy) is 1. The van der Waals surface area contributed by atoms with Gasteiger partial charge in [-0.1, -0.05) is 0 Å². The van der Waals surface area contributed by atoms with Crippen LogP contribution in [0.25, 0.3) is 0 Å². The maximum Gasteiger partial charge on any atom is 0.310 e. The van der Waals surface area contributed by atoms with Crippen molar-refractivity contribution in [3.63, 3.8) is 0 Å². The summed E-state index contributed by atoms with van der Waals surface area (Å²) < 4.78 is 4.65. The van der Waals surface area contributed by atoms with Crippen molar-refractivity contribution in [1.29, 1.82) is 0 Å². The van der Waals surface area contributed by atoms with Crippen molar-refractivity contribution in [1.82, 2.24) is 5.32 Å². The standard InChI is InChI=1S/C13H15NO2S2/c1-16-13(15)6-11-2-3-12(18-11)8-14-7-10-4-5-17-9-10/h2-5,9,14H,6-8H2,1H3. The van der Waals surface area contributed by atoms with Gasteiger partial charge in [0.2, 0.25) is 0 Å². The van der Waals surface area contributed by atoms with Crippen molar-refractivity contribution >= 4 is 28.6 Å². The number of thiophene rings is 2. The zero-order valence-corrected chi connectivity index (χ0v) is 11.8. The fourth-order valence-electron chi connectivity index (χ4n) is 1.55. The summed E-state index contributed by atoms with van der Waals surface area (Å²) in [6.45, 7) is 1.72. The number of carbonyl (C=O) groups excluding carboxylic acids is 1. The van der Waals surface area contributed by atoms with Crippen molar-refractivity contribution in [3.8, 4) is 0 Å². The maximum atomic E-state index is 11.1. The van der Waals surface area contributed by atoms with E-state index in [1.54, 1.807) is 22.7 Å². The van der Waals surface area contributed by atoms with E-state index in [0.29, 0.717) is 6.42 Å². The van der Waals surface area contributed by atoms with E-state index in [1.165, 1.54) is 17.6 Å². The lowest BCUT2D eigenvalue weighted by molar-refractivity contribution is -0.139. The summed E-state index contributed by atoms with van der Waals surface area (Å²) in [5.41, 5.74) is 1.31. The zero-order chi connectivity index (χ0) is 12.8. The Labute approximate surface area is 114 Å². The Hall–Kier alpha value is -1.17. The average Bonchev–Trinajstić information content (AvgIpc) is 3.01. The molecule has 2 heterocycles. The molecule has 0 atom stereocenters. The maximum absolute atomic E-state index is 11.1. The van der Waals surface area contributed by atoms with Gasteiger partial charge in [-0.2, -0.15) is 11.3 Å². The van der Waals surface area contributed by atoms with E-state index in [4.69, 9.17) is 0 Å². The lowest BCUT2D eigenvalue weighted by atomic mass is 10.3. The average molecular weight is 281 g/mol. The molecule has 2 aromatic rings. The van der Waals surface area contributed by atoms with Crippen molar-refractivity contribution in [2.75, 3.05) is 7.11 Å². The quantitative estimate of drug-likeness (QED) is 0.827. The van der Waals surface area contributed by atoms with Gasteiger partial charge in [0.05, 0.1) is 13.5 Å². The van der Waals surface area contributed by atoms with Gasteiger partial charge in [-0.25, -0.2) is 0 Å². The minimum Gasteiger partial charge on any atom is -0.469 e. The van der Waals surface area contributed by atoms with Crippen LogP contribution in [0.3, 0.4) is 0 Å². The molecule has 0 fully saturated rings. The first-order valence-electron chi connectivity index (χ1n) is 5.64. The molecule has 0 aliphatic carbocycles. The van der Waals surface area contributed by atoms with E-state index in [2.05, 4.69) is 32.9 Å². The van der Waals surface area contributed by atoms with E-state index < -0.39 is 0 Å². The van der Waals surface area contributed by atoms with Gasteiger partial charge in [-0.15, -0.1) is 11.3 Å². The third-order valence-corrected chi connectivity index (χ3v) is 4.29. The second kappa shape index (κ2) is 6.68. The second-order valence-electron chi connectivity index (χ2n) is 3.86. The van der Waals surface area contributed by atoms with Crippen LogP contribution in [0.1, 0.15) is 15.3 Å². The molecular weight excluding hydrogens is 266 g/mol. The van der Waals surface area contributed by atoms with E-state index in [0.717, 1.165) is 18.0 Å². The van der Waals surface area contributed by atoms with Crippen LogP contribution in [0.2, 0.25) is 0 Å². The lowest BCUT2D eigenvalue weighted by Gasteiger charge is -2.00. The number of hydrogen-bond acceptors (Lipinski definition) is 5. The van der Waals surface area contributed by atoms with Crippen LogP contribution in [0.15, 0.2) is 29.0 Å². The summed E-state index contributed by atoms with van der Waals surface area (Å²) in [5.74, 6) is -0.186. The number of rotatable bonds is 6. The van der Waals surface area contributed by atoms with E-state index in [1.807, 2.05) is 6.07 Å². The SMILES string of the molecule is COC(=O)Cc1ccc(CNCc2ccsc2)s1. The highest BCUT2D eigenvalue weighted by Gasteiger charge is 2.06. The molecule has 0 aromatic carbocycles. The number of carbonyl (C=O) groups is 1. The minimum atomic E-state index is -0.186. The van der Waals surface area contributed by atoms with Crippen LogP contribution >= 0.6 is 22.7 Å². The Morgan fingerprint density at radius 2 is 2.11 bits per heavy atom. The first-order valence-corrected chi connectivity index (χ1v) is 7.40. The predicted octanol–water partition coefficient (Wildman–Crippen LogP) is 2.81. The van der Waals surface area contributed by atoms with Gasteiger partial charge in [0.15, 0.2) is 0 Å². The van der Waals surface area contributed by atoms with Crippen LogP contribution < -0.4 is 5.32 Å². The molecule has 2 rings (SSSR count). The van der Waals surface area contributed by atoms with Gasteiger partial charge in [-0.05, 0) is 34.5 Å². The zero-order valence-electron chi connectivity index (χ0n) is 10.1. The van der Waals surface area contributed by atoms with Crippen molar-refractivity contribution in [2.45, 2.75) is 19.5 Å². The van der Waals surface area contributed by atoms with Gasteiger partial charge in [0.25, 0.3) is 0 Å². The molecule has 5 heteroatoms. The molecule has 0 saturated heterocycles. The van der Waals surface area contributed by atoms with Gasteiger partial charge >= 0.3 is 5.97 Å². The first-order chi connectivity index (χ1) is 8.78. The van der Waals surface area contributed by atoms with Crippen molar-refractivity contribution in [3.05, 3.63) is 44.3 Å². The number of esters is 1. The smallest absolute Gasteiger partial charge is 0.310 e. The Morgan fingerprint density at radius 1 is 1.28 bits per heavy atom. The Morgan fingerprint density at radius 3 is 2.83 bits per heavy atom. The Balaban J connectivity index is 1.78. The minimum absolute atomic E-state index is 0.186. The normalized spacial score (nSPS) is 10.5. The topological polar surface area (TPSA) is 38.3 Å². The van der Waals surface area contributed by atoms with E-state index in [9.17, 15) is 4.79 Å². The van der Waals surface area contributed by atoms with Gasteiger partial charge in [0.1, 0.15) is 0 Å². The fraction of sp³-hybridized carbons (Fsp3) is 0.308. The summed E-state index contributed by atoms with van der Waals surface area (Å²) in [4.78, 5) is 13.4. The molecule has 1 N–H and O–H groups in total. The third kappa shape index (κ3) is 3.94. The van der Waals surface area contributed by atoms with Crippen LogP contribution in [0, 0.1) is 0 Å². The molecule has 18 heavy (non-hydrogen) atoms. The number of hydrogen-bond donors (Lipinski definition) is 1. The number of nitrogens with one attached hydrogen (secondary N) is 1. The highest BCUT2D eigenvalue weighted by atomic mass is 32.1. The summed E-state index contributed by atoms with van der Waals surface area (Å²) in [7, 11) is 1.42.